The molecule has 1 aromatic heterocycles. The van der Waals surface area contributed by atoms with Gasteiger partial charge in [-0.15, -0.1) is 0 Å². The van der Waals surface area contributed by atoms with Gasteiger partial charge in [0, 0.05) is 29.1 Å². The Kier molecular flexibility index (Phi) is 6.74. The van der Waals surface area contributed by atoms with E-state index in [0.29, 0.717) is 16.7 Å². The van der Waals surface area contributed by atoms with E-state index in [4.69, 9.17) is 9.47 Å². The number of carbonyl (C=O) groups excluding carboxylic acids is 1. The maximum absolute atomic E-state index is 13.3. The summed E-state index contributed by atoms with van der Waals surface area (Å²) in [4.78, 5) is 20.6. The number of amidine groups is 1. The third-order valence-electron chi connectivity index (χ3n) is 4.99. The van der Waals surface area contributed by atoms with Crippen molar-refractivity contribution in [2.45, 2.75) is 13.8 Å². The van der Waals surface area contributed by atoms with Crippen molar-refractivity contribution < 1.29 is 18.7 Å². The number of hydrogen-bond acceptors (Lipinski definition) is 6. The van der Waals surface area contributed by atoms with Crippen LogP contribution in [0.25, 0.3) is 5.70 Å². The number of amides is 1. The predicted octanol–water partition coefficient (Wildman–Crippen LogP) is 5.51. The van der Waals surface area contributed by atoms with Crippen molar-refractivity contribution in [3.8, 4) is 17.2 Å². The molecule has 6 nitrogen and oxygen atoms in total. The monoisotopic (exact) mass is 463 g/mol. The second-order valence-corrected chi connectivity index (χ2v) is 8.36. The highest BCUT2D eigenvalue weighted by molar-refractivity contribution is 8.14. The lowest BCUT2D eigenvalue weighted by molar-refractivity contribution is 0.0977. The number of pyridine rings is 1. The zero-order valence-electron chi connectivity index (χ0n) is 18.4. The molecule has 33 heavy (non-hydrogen) atoms. The third-order valence-corrected chi connectivity index (χ3v) is 5.79. The number of methoxy groups -OCH3 is 1. The molecule has 168 valence electrons. The fraction of sp³-hybridized carbons (Fsp3) is 0.160. The van der Waals surface area contributed by atoms with E-state index in [1.807, 2.05) is 56.3 Å². The van der Waals surface area contributed by atoms with Crippen molar-refractivity contribution >= 4 is 28.5 Å². The molecule has 1 aliphatic rings. The molecule has 0 atom stereocenters. The summed E-state index contributed by atoms with van der Waals surface area (Å²) < 4.78 is 24.5. The van der Waals surface area contributed by atoms with Crippen LogP contribution in [-0.4, -0.2) is 28.9 Å². The molecule has 8 heteroatoms. The van der Waals surface area contributed by atoms with Gasteiger partial charge < -0.3 is 14.8 Å². The first kappa shape index (κ1) is 22.5. The normalized spacial score (nSPS) is 13.1. The van der Waals surface area contributed by atoms with Crippen molar-refractivity contribution in [2.75, 3.05) is 12.9 Å². The number of hydrogen-bond donors (Lipinski definition) is 1. The van der Waals surface area contributed by atoms with E-state index in [1.54, 1.807) is 7.11 Å². The molecule has 1 N–H and O–H groups in total. The van der Waals surface area contributed by atoms with Crippen LogP contribution < -0.4 is 14.8 Å². The highest BCUT2D eigenvalue weighted by Crippen LogP contribution is 2.33. The summed E-state index contributed by atoms with van der Waals surface area (Å²) in [7, 11) is 1.62. The smallest absolute Gasteiger partial charge is 0.257 e. The first-order valence-electron chi connectivity index (χ1n) is 10.2. The van der Waals surface area contributed by atoms with Gasteiger partial charge >= 0.3 is 0 Å². The molecule has 0 fully saturated rings. The van der Waals surface area contributed by atoms with Crippen LogP contribution in [0.4, 0.5) is 4.39 Å². The minimum absolute atomic E-state index is 0.189. The van der Waals surface area contributed by atoms with E-state index in [1.165, 1.54) is 24.0 Å². The molecule has 0 saturated carbocycles. The molecule has 0 aliphatic carbocycles. The van der Waals surface area contributed by atoms with Crippen LogP contribution in [0.2, 0.25) is 0 Å². The number of benzene rings is 2. The first-order valence-corrected chi connectivity index (χ1v) is 11.2. The second kappa shape index (κ2) is 9.87. The number of aromatic nitrogens is 1. The largest absolute Gasteiger partial charge is 0.497 e. The van der Waals surface area contributed by atoms with Crippen LogP contribution in [0.15, 0.2) is 65.8 Å². The lowest BCUT2D eigenvalue weighted by atomic mass is 9.99. The molecule has 4 rings (SSSR count). The van der Waals surface area contributed by atoms with Gasteiger partial charge in [0.05, 0.1) is 12.8 Å². The molecular formula is C25H22FN3O3S. The number of carbonyl (C=O) groups is 1. The second-order valence-electron chi connectivity index (χ2n) is 7.35. The lowest BCUT2D eigenvalue weighted by Crippen LogP contribution is -2.29. The molecule has 1 aliphatic heterocycles. The van der Waals surface area contributed by atoms with E-state index >= 15 is 0 Å². The van der Waals surface area contributed by atoms with Gasteiger partial charge in [0.15, 0.2) is 5.17 Å². The molecule has 2 aromatic carbocycles. The minimum atomic E-state index is -0.704. The number of nitrogens with zero attached hydrogens (tertiary/aromatic N) is 2. The summed E-state index contributed by atoms with van der Waals surface area (Å²) in [6.07, 6.45) is 3.28. The fourth-order valence-electron chi connectivity index (χ4n) is 3.49. The number of nitrogens with one attached hydrogen (secondary N) is 1. The summed E-state index contributed by atoms with van der Waals surface area (Å²) in [5.41, 5.74) is 3.95. The van der Waals surface area contributed by atoms with Crippen molar-refractivity contribution in [1.82, 2.24) is 10.3 Å². The SMILES string of the molecule is COc1ccc(Oc2cc(C)c(C3=CCSC(NC(=O)c4ccnc(F)c4)=N3)c(C)c2)cc1. The molecule has 3 aromatic rings. The van der Waals surface area contributed by atoms with E-state index in [2.05, 4.69) is 15.3 Å². The van der Waals surface area contributed by atoms with Crippen LogP contribution in [0.5, 0.6) is 17.2 Å². The maximum atomic E-state index is 13.3. The Labute approximate surface area is 195 Å². The molecular weight excluding hydrogens is 441 g/mol. The number of halogens is 1. The van der Waals surface area contributed by atoms with Crippen molar-refractivity contribution in [2.24, 2.45) is 4.99 Å². The van der Waals surface area contributed by atoms with E-state index in [0.717, 1.165) is 40.0 Å². The summed E-state index contributed by atoms with van der Waals surface area (Å²) in [6.45, 7) is 4.00. The number of thioether (sulfide) groups is 1. The topological polar surface area (TPSA) is 72.8 Å². The Morgan fingerprint density at radius 2 is 1.73 bits per heavy atom. The van der Waals surface area contributed by atoms with E-state index in [-0.39, 0.29) is 5.56 Å². The zero-order chi connectivity index (χ0) is 23.4. The molecule has 2 heterocycles. The summed E-state index contributed by atoms with van der Waals surface area (Å²) >= 11 is 1.41. The van der Waals surface area contributed by atoms with Gasteiger partial charge in [-0.1, -0.05) is 11.8 Å². The molecule has 0 bridgehead atoms. The van der Waals surface area contributed by atoms with Gasteiger partial charge in [-0.05, 0) is 73.5 Å². The first-order chi connectivity index (χ1) is 15.9. The van der Waals surface area contributed by atoms with Crippen LogP contribution in [0, 0.1) is 19.8 Å². The molecule has 0 spiro atoms. The van der Waals surface area contributed by atoms with Crippen LogP contribution in [0.1, 0.15) is 27.0 Å². The van der Waals surface area contributed by atoms with Crippen molar-refractivity contribution in [3.63, 3.8) is 0 Å². The number of ether oxygens (including phenoxy) is 2. The van der Waals surface area contributed by atoms with E-state index in [9.17, 15) is 9.18 Å². The Bertz CT molecular complexity index is 1230. The van der Waals surface area contributed by atoms with Gasteiger partial charge in [0.2, 0.25) is 5.95 Å². The molecule has 0 radical (unpaired) electrons. The highest BCUT2D eigenvalue weighted by atomic mass is 32.2. The summed E-state index contributed by atoms with van der Waals surface area (Å²) in [5.74, 6) is 1.72. The summed E-state index contributed by atoms with van der Waals surface area (Å²) in [5, 5.41) is 3.22. The molecule has 0 saturated heterocycles. The highest BCUT2D eigenvalue weighted by Gasteiger charge is 2.17. The van der Waals surface area contributed by atoms with Crippen molar-refractivity contribution in [1.29, 1.82) is 0 Å². The quantitative estimate of drug-likeness (QED) is 0.505. The lowest BCUT2D eigenvalue weighted by Gasteiger charge is -2.18. The fourth-order valence-corrected chi connectivity index (χ4v) is 4.22. The summed E-state index contributed by atoms with van der Waals surface area (Å²) in [6, 6.07) is 13.9. The van der Waals surface area contributed by atoms with E-state index < -0.39 is 11.9 Å². The molecule has 1 amide bonds. The standard InChI is InChI=1S/C25H22FN3O3S/c1-15-12-20(32-19-6-4-18(31-3)5-7-19)13-16(2)23(15)21-9-11-33-25(28-21)29-24(30)17-8-10-27-22(26)14-17/h4-10,12-14H,11H2,1-3H3,(H,28,29,30). The Morgan fingerprint density at radius 3 is 2.39 bits per heavy atom. The number of rotatable bonds is 5. The van der Waals surface area contributed by atoms with Gasteiger partial charge in [-0.3, -0.25) is 4.79 Å². The van der Waals surface area contributed by atoms with Gasteiger partial charge in [0.25, 0.3) is 5.91 Å². The van der Waals surface area contributed by atoms with Crippen LogP contribution >= 0.6 is 11.8 Å². The predicted molar refractivity (Wildman–Crippen MR) is 129 cm³/mol. The van der Waals surface area contributed by atoms with Crippen LogP contribution in [0.3, 0.4) is 0 Å². The minimum Gasteiger partial charge on any atom is -0.497 e. The van der Waals surface area contributed by atoms with Gasteiger partial charge in [-0.2, -0.15) is 4.39 Å². The molecule has 0 unspecified atom stereocenters. The van der Waals surface area contributed by atoms with Crippen LogP contribution in [-0.2, 0) is 0 Å². The number of aryl methyl sites for hydroxylation is 2. The zero-order valence-corrected chi connectivity index (χ0v) is 19.2. The third kappa shape index (κ3) is 5.40. The maximum Gasteiger partial charge on any atom is 0.257 e. The Morgan fingerprint density at radius 1 is 1.03 bits per heavy atom. The average molecular weight is 464 g/mol. The number of aliphatic imine (C=N–C) groups is 1. The Hall–Kier alpha value is -3.65. The van der Waals surface area contributed by atoms with Gasteiger partial charge in [-0.25, -0.2) is 9.98 Å². The van der Waals surface area contributed by atoms with Gasteiger partial charge in [0.1, 0.15) is 17.2 Å². The Balaban J connectivity index is 1.53. The van der Waals surface area contributed by atoms with Crippen molar-refractivity contribution in [3.05, 3.63) is 89.0 Å². The average Bonchev–Trinajstić information content (AvgIpc) is 2.79.